The third kappa shape index (κ3) is 3.11. The van der Waals surface area contributed by atoms with Gasteiger partial charge in [-0.1, -0.05) is 0 Å². The molecule has 1 aromatic heterocycles. The Hall–Kier alpha value is -1.95. The second-order valence-corrected chi connectivity index (χ2v) is 5.75. The zero-order chi connectivity index (χ0) is 15.4. The van der Waals surface area contributed by atoms with Crippen molar-refractivity contribution in [2.45, 2.75) is 38.1 Å². The fourth-order valence-corrected chi connectivity index (χ4v) is 3.11. The highest BCUT2D eigenvalue weighted by molar-refractivity contribution is 5.97. The van der Waals surface area contributed by atoms with Gasteiger partial charge in [0.05, 0.1) is 0 Å². The topological polar surface area (TPSA) is 68.5 Å². The molecule has 0 bridgehead atoms. The van der Waals surface area contributed by atoms with Crippen LogP contribution in [0.25, 0.3) is 11.0 Å². The number of carbonyl (C=O) groups excluding carboxylic acids is 1. The van der Waals surface area contributed by atoms with Gasteiger partial charge in [-0.3, -0.25) is 4.79 Å². The molecule has 2 aromatic rings. The minimum absolute atomic E-state index is 0.0759. The fraction of sp³-hybridized carbons (Fsp3) is 0.562. The molecule has 0 unspecified atom stereocenters. The number of nitrogens with zero attached hydrogens (tertiary/aromatic N) is 3. The number of fused-ring (bicyclic) bond motifs is 1. The summed E-state index contributed by atoms with van der Waals surface area (Å²) < 4.78 is 9.82. The second-order valence-electron chi connectivity index (χ2n) is 5.75. The molecule has 1 aliphatic heterocycles. The quantitative estimate of drug-likeness (QED) is 0.794. The molecule has 0 aliphatic carbocycles. The maximum absolute atomic E-state index is 12.8. The normalized spacial score (nSPS) is 18.8. The number of methoxy groups -OCH3 is 1. The largest absolute Gasteiger partial charge is 0.385 e. The Morgan fingerprint density at radius 2 is 2.23 bits per heavy atom. The Bertz CT molecular complexity index is 640. The lowest BCUT2D eigenvalue weighted by molar-refractivity contribution is 0.0585. The number of aromatic nitrogens is 2. The van der Waals surface area contributed by atoms with Crippen LogP contribution in [0.4, 0.5) is 0 Å². The van der Waals surface area contributed by atoms with Gasteiger partial charge in [-0.05, 0) is 60.6 Å². The number of hydrogen-bond donors (Lipinski definition) is 0. The van der Waals surface area contributed by atoms with Crippen LogP contribution in [0.15, 0.2) is 22.8 Å². The van der Waals surface area contributed by atoms with Crippen molar-refractivity contribution in [3.8, 4) is 0 Å². The zero-order valence-corrected chi connectivity index (χ0v) is 12.8. The highest BCUT2D eigenvalue weighted by Crippen LogP contribution is 2.24. The molecule has 1 aromatic carbocycles. The molecule has 22 heavy (non-hydrogen) atoms. The first-order chi connectivity index (χ1) is 10.8. The summed E-state index contributed by atoms with van der Waals surface area (Å²) in [5.74, 6) is 0.0759. The minimum atomic E-state index is 0.0759. The maximum atomic E-state index is 12.8. The van der Waals surface area contributed by atoms with E-state index < -0.39 is 0 Å². The average Bonchev–Trinajstić information content (AvgIpc) is 3.02. The van der Waals surface area contributed by atoms with E-state index in [1.54, 1.807) is 25.3 Å². The van der Waals surface area contributed by atoms with Gasteiger partial charge in [0.2, 0.25) is 0 Å². The van der Waals surface area contributed by atoms with Gasteiger partial charge in [0, 0.05) is 31.9 Å². The Morgan fingerprint density at radius 3 is 3.09 bits per heavy atom. The average molecular weight is 303 g/mol. The van der Waals surface area contributed by atoms with Crippen LogP contribution >= 0.6 is 0 Å². The molecule has 1 fully saturated rings. The van der Waals surface area contributed by atoms with Gasteiger partial charge < -0.3 is 9.64 Å². The third-order valence-corrected chi connectivity index (χ3v) is 4.27. The van der Waals surface area contributed by atoms with Gasteiger partial charge in [0.25, 0.3) is 5.91 Å². The Kier molecular flexibility index (Phi) is 4.68. The van der Waals surface area contributed by atoms with Crippen LogP contribution in [0.3, 0.4) is 0 Å². The van der Waals surface area contributed by atoms with Crippen molar-refractivity contribution in [2.24, 2.45) is 0 Å². The maximum Gasteiger partial charge on any atom is 0.254 e. The van der Waals surface area contributed by atoms with E-state index in [1.807, 2.05) is 4.90 Å². The van der Waals surface area contributed by atoms with Crippen molar-refractivity contribution in [1.29, 1.82) is 0 Å². The molecule has 0 saturated carbocycles. The number of likely N-dealkylation sites (tertiary alicyclic amines) is 1. The zero-order valence-electron chi connectivity index (χ0n) is 12.8. The van der Waals surface area contributed by atoms with Crippen molar-refractivity contribution >= 4 is 16.9 Å². The first-order valence-electron chi connectivity index (χ1n) is 7.82. The van der Waals surface area contributed by atoms with E-state index in [0.29, 0.717) is 22.6 Å². The number of ether oxygens (including phenoxy) is 1. The van der Waals surface area contributed by atoms with E-state index in [9.17, 15) is 4.79 Å². The molecular weight excluding hydrogens is 282 g/mol. The first-order valence-corrected chi connectivity index (χ1v) is 7.82. The van der Waals surface area contributed by atoms with Gasteiger partial charge in [-0.25, -0.2) is 4.63 Å². The van der Waals surface area contributed by atoms with Crippen LogP contribution in [-0.2, 0) is 4.74 Å². The van der Waals surface area contributed by atoms with Crippen molar-refractivity contribution in [3.63, 3.8) is 0 Å². The van der Waals surface area contributed by atoms with Gasteiger partial charge in [-0.2, -0.15) is 0 Å². The van der Waals surface area contributed by atoms with Crippen LogP contribution in [0.5, 0.6) is 0 Å². The van der Waals surface area contributed by atoms with Crippen LogP contribution in [0.1, 0.15) is 42.5 Å². The number of amides is 1. The molecule has 0 spiro atoms. The predicted molar refractivity (Wildman–Crippen MR) is 81.6 cm³/mol. The van der Waals surface area contributed by atoms with Crippen molar-refractivity contribution in [2.75, 3.05) is 20.3 Å². The lowest BCUT2D eigenvalue weighted by atomic mass is 9.97. The Morgan fingerprint density at radius 1 is 1.36 bits per heavy atom. The fourth-order valence-electron chi connectivity index (χ4n) is 3.11. The summed E-state index contributed by atoms with van der Waals surface area (Å²) in [5.41, 5.74) is 1.95. The highest BCUT2D eigenvalue weighted by atomic mass is 16.6. The van der Waals surface area contributed by atoms with Gasteiger partial charge in [0.15, 0.2) is 0 Å². The number of piperidine rings is 1. The molecule has 1 atom stereocenters. The van der Waals surface area contributed by atoms with E-state index >= 15 is 0 Å². The van der Waals surface area contributed by atoms with Crippen molar-refractivity contribution < 1.29 is 14.2 Å². The summed E-state index contributed by atoms with van der Waals surface area (Å²) in [4.78, 5) is 14.8. The molecule has 118 valence electrons. The van der Waals surface area contributed by atoms with Crippen LogP contribution in [0.2, 0.25) is 0 Å². The molecule has 0 N–H and O–H groups in total. The molecule has 1 amide bonds. The molecule has 6 nitrogen and oxygen atoms in total. The summed E-state index contributed by atoms with van der Waals surface area (Å²) >= 11 is 0. The minimum Gasteiger partial charge on any atom is -0.385 e. The third-order valence-electron chi connectivity index (χ3n) is 4.27. The van der Waals surface area contributed by atoms with Crippen LogP contribution in [-0.4, -0.2) is 47.4 Å². The van der Waals surface area contributed by atoms with E-state index in [0.717, 1.165) is 38.8 Å². The highest BCUT2D eigenvalue weighted by Gasteiger charge is 2.27. The molecule has 2 heterocycles. The number of hydrogen-bond acceptors (Lipinski definition) is 5. The Balaban J connectivity index is 1.75. The summed E-state index contributed by atoms with van der Waals surface area (Å²) in [7, 11) is 1.71. The van der Waals surface area contributed by atoms with E-state index in [2.05, 4.69) is 10.3 Å². The Labute approximate surface area is 129 Å². The van der Waals surface area contributed by atoms with Crippen LogP contribution < -0.4 is 0 Å². The molecule has 6 heteroatoms. The van der Waals surface area contributed by atoms with E-state index in [4.69, 9.17) is 9.37 Å². The molecule has 3 rings (SSSR count). The van der Waals surface area contributed by atoms with Gasteiger partial charge >= 0.3 is 0 Å². The summed E-state index contributed by atoms with van der Waals surface area (Å²) in [6.07, 6.45) is 5.31. The predicted octanol–water partition coefficient (Wildman–Crippen LogP) is 2.64. The first kappa shape index (κ1) is 15.0. The van der Waals surface area contributed by atoms with E-state index in [1.165, 1.54) is 6.42 Å². The lowest BCUT2D eigenvalue weighted by Crippen LogP contribution is -2.43. The summed E-state index contributed by atoms with van der Waals surface area (Å²) in [6, 6.07) is 5.65. The van der Waals surface area contributed by atoms with Crippen molar-refractivity contribution in [3.05, 3.63) is 23.8 Å². The molecular formula is C16H21N3O3. The van der Waals surface area contributed by atoms with Crippen LogP contribution in [0, 0.1) is 0 Å². The standard InChI is InChI=1S/C16H21N3O3/c1-21-10-4-6-13-5-2-3-9-19(13)16(20)12-7-8-14-15(11-12)18-22-17-14/h7-8,11,13H,2-6,9-10H2,1H3/t13-/m0/s1. The summed E-state index contributed by atoms with van der Waals surface area (Å²) in [6.45, 7) is 1.57. The van der Waals surface area contributed by atoms with Crippen molar-refractivity contribution in [1.82, 2.24) is 15.2 Å². The summed E-state index contributed by atoms with van der Waals surface area (Å²) in [5, 5.41) is 7.58. The SMILES string of the molecule is COCCC[C@@H]1CCCCN1C(=O)c1ccc2nonc2c1. The van der Waals surface area contributed by atoms with Gasteiger partial charge in [-0.15, -0.1) is 0 Å². The second kappa shape index (κ2) is 6.87. The number of rotatable bonds is 5. The molecule has 1 aliphatic rings. The monoisotopic (exact) mass is 303 g/mol. The number of benzene rings is 1. The van der Waals surface area contributed by atoms with Gasteiger partial charge in [0.1, 0.15) is 11.0 Å². The number of carbonyl (C=O) groups is 1. The smallest absolute Gasteiger partial charge is 0.254 e. The molecule has 1 saturated heterocycles. The molecule has 0 radical (unpaired) electrons. The lowest BCUT2D eigenvalue weighted by Gasteiger charge is -2.36. The van der Waals surface area contributed by atoms with E-state index in [-0.39, 0.29) is 5.91 Å².